The maximum atomic E-state index is 6.34. The summed E-state index contributed by atoms with van der Waals surface area (Å²) >= 11 is 14.4. The molecule has 2 aromatic carbocycles. The molecule has 0 spiro atoms. The highest BCUT2D eigenvalue weighted by atomic mass is 35.5. The summed E-state index contributed by atoms with van der Waals surface area (Å²) in [5.74, 6) is 0. The normalized spacial score (nSPS) is 11.1. The fourth-order valence-electron chi connectivity index (χ4n) is 2.21. The summed E-state index contributed by atoms with van der Waals surface area (Å²) in [6.45, 7) is 0. The van der Waals surface area contributed by atoms with Crippen LogP contribution in [0, 0.1) is 0 Å². The molecule has 96 valence electrons. The van der Waals surface area contributed by atoms with Crippen molar-refractivity contribution in [2.45, 2.75) is 5.03 Å². The van der Waals surface area contributed by atoms with Crippen LogP contribution >= 0.6 is 35.0 Å². The number of rotatable bonds is 2. The van der Waals surface area contributed by atoms with Crippen LogP contribution in [0.5, 0.6) is 0 Å². The number of aromatic nitrogens is 1. The van der Waals surface area contributed by atoms with E-state index in [2.05, 4.69) is 29.0 Å². The van der Waals surface area contributed by atoms with Crippen molar-refractivity contribution in [1.82, 2.24) is 4.57 Å². The lowest BCUT2D eigenvalue weighted by Crippen LogP contribution is -1.97. The number of fused-ring (bicyclic) bond motifs is 1. The predicted molar refractivity (Wildman–Crippen MR) is 85.1 cm³/mol. The monoisotopic (exact) mass is 307 g/mol. The summed E-state index contributed by atoms with van der Waals surface area (Å²) in [5, 5.41) is 3.62. The van der Waals surface area contributed by atoms with Gasteiger partial charge in [-0.15, -0.1) is 11.8 Å². The Bertz CT molecular complexity index is 729. The van der Waals surface area contributed by atoms with Crippen molar-refractivity contribution in [2.24, 2.45) is 0 Å². The second-order valence-electron chi connectivity index (χ2n) is 4.15. The first-order chi connectivity index (χ1) is 9.22. The molecule has 0 bridgehead atoms. The van der Waals surface area contributed by atoms with Crippen molar-refractivity contribution in [1.29, 1.82) is 0 Å². The van der Waals surface area contributed by atoms with Crippen LogP contribution in [0.3, 0.4) is 0 Å². The molecular formula is C15H11Cl2NS. The van der Waals surface area contributed by atoms with Crippen LogP contribution < -0.4 is 0 Å². The third-order valence-corrected chi connectivity index (χ3v) is 4.38. The number of para-hydroxylation sites is 2. The van der Waals surface area contributed by atoms with Gasteiger partial charge in [0, 0.05) is 5.39 Å². The van der Waals surface area contributed by atoms with Gasteiger partial charge in [-0.2, -0.15) is 0 Å². The zero-order valence-corrected chi connectivity index (χ0v) is 12.6. The highest BCUT2D eigenvalue weighted by molar-refractivity contribution is 7.98. The van der Waals surface area contributed by atoms with Crippen molar-refractivity contribution in [2.75, 3.05) is 6.26 Å². The summed E-state index contributed by atoms with van der Waals surface area (Å²) in [4.78, 5) is 0. The van der Waals surface area contributed by atoms with Gasteiger partial charge in [0.25, 0.3) is 0 Å². The molecule has 0 unspecified atom stereocenters. The van der Waals surface area contributed by atoms with Crippen LogP contribution in [-0.2, 0) is 0 Å². The van der Waals surface area contributed by atoms with Crippen molar-refractivity contribution in [3.8, 4) is 5.69 Å². The second-order valence-corrected chi connectivity index (χ2v) is 5.79. The molecule has 0 fully saturated rings. The zero-order chi connectivity index (χ0) is 13.4. The molecule has 3 rings (SSSR count). The Balaban J connectivity index is 2.41. The summed E-state index contributed by atoms with van der Waals surface area (Å²) in [7, 11) is 0. The Morgan fingerprint density at radius 3 is 2.32 bits per heavy atom. The summed E-state index contributed by atoms with van der Waals surface area (Å²) < 4.78 is 2.12. The van der Waals surface area contributed by atoms with Gasteiger partial charge in [-0.25, -0.2) is 0 Å². The highest BCUT2D eigenvalue weighted by Gasteiger charge is 2.14. The Morgan fingerprint density at radius 2 is 1.63 bits per heavy atom. The minimum absolute atomic E-state index is 0.657. The lowest BCUT2D eigenvalue weighted by molar-refractivity contribution is 0.994. The number of hydrogen-bond donors (Lipinski definition) is 0. The quantitative estimate of drug-likeness (QED) is 0.553. The van der Waals surface area contributed by atoms with Crippen LogP contribution in [0.4, 0.5) is 0 Å². The van der Waals surface area contributed by atoms with E-state index in [0.717, 1.165) is 16.2 Å². The number of nitrogens with zero attached hydrogens (tertiary/aromatic N) is 1. The van der Waals surface area contributed by atoms with Gasteiger partial charge in [-0.3, -0.25) is 0 Å². The molecule has 19 heavy (non-hydrogen) atoms. The summed E-state index contributed by atoms with van der Waals surface area (Å²) in [5.41, 5.74) is 1.96. The molecular weight excluding hydrogens is 297 g/mol. The first kappa shape index (κ1) is 12.9. The molecule has 1 heterocycles. The van der Waals surface area contributed by atoms with E-state index >= 15 is 0 Å². The Hall–Kier alpha value is -1.09. The Kier molecular flexibility index (Phi) is 3.48. The summed E-state index contributed by atoms with van der Waals surface area (Å²) in [6, 6.07) is 16.0. The van der Waals surface area contributed by atoms with Crippen LogP contribution in [-0.4, -0.2) is 10.8 Å². The first-order valence-corrected chi connectivity index (χ1v) is 7.79. The van der Waals surface area contributed by atoms with E-state index in [1.54, 1.807) is 11.8 Å². The molecule has 0 saturated heterocycles. The molecule has 1 aromatic heterocycles. The van der Waals surface area contributed by atoms with Crippen molar-refractivity contribution < 1.29 is 0 Å². The van der Waals surface area contributed by atoms with Gasteiger partial charge in [0.2, 0.25) is 0 Å². The zero-order valence-electron chi connectivity index (χ0n) is 10.2. The van der Waals surface area contributed by atoms with Crippen LogP contribution in [0.25, 0.3) is 16.6 Å². The molecule has 0 radical (unpaired) electrons. The fraction of sp³-hybridized carbons (Fsp3) is 0.0667. The molecule has 3 aromatic rings. The van der Waals surface area contributed by atoms with E-state index in [4.69, 9.17) is 23.2 Å². The molecule has 0 atom stereocenters. The fourth-order valence-corrected chi connectivity index (χ4v) is 3.40. The van der Waals surface area contributed by atoms with Crippen molar-refractivity contribution in [3.63, 3.8) is 0 Å². The highest BCUT2D eigenvalue weighted by Crippen LogP contribution is 2.36. The summed E-state index contributed by atoms with van der Waals surface area (Å²) in [6.07, 6.45) is 2.05. The largest absolute Gasteiger partial charge is 0.301 e. The van der Waals surface area contributed by atoms with E-state index in [1.807, 2.05) is 30.3 Å². The Labute approximate surface area is 126 Å². The molecule has 0 aliphatic heterocycles. The topological polar surface area (TPSA) is 4.93 Å². The average molecular weight is 308 g/mol. The standard InChI is InChI=1S/C15H11Cl2NS/c1-19-14-9-10-5-2-3-8-13(10)18(14)15-11(16)6-4-7-12(15)17/h2-9H,1H3. The smallest absolute Gasteiger partial charge is 0.0839 e. The third kappa shape index (κ3) is 2.14. The van der Waals surface area contributed by atoms with Crippen LogP contribution in [0.1, 0.15) is 0 Å². The van der Waals surface area contributed by atoms with Gasteiger partial charge >= 0.3 is 0 Å². The maximum absolute atomic E-state index is 6.34. The minimum atomic E-state index is 0.657. The third-order valence-electron chi connectivity index (χ3n) is 3.05. The molecule has 0 saturated carbocycles. The van der Waals surface area contributed by atoms with E-state index in [1.165, 1.54) is 5.39 Å². The SMILES string of the molecule is CSc1cc2ccccc2n1-c1c(Cl)cccc1Cl. The van der Waals surface area contributed by atoms with E-state index in [9.17, 15) is 0 Å². The first-order valence-electron chi connectivity index (χ1n) is 5.81. The van der Waals surface area contributed by atoms with Crippen LogP contribution in [0.2, 0.25) is 10.0 Å². The Morgan fingerprint density at radius 1 is 0.947 bits per heavy atom. The number of halogens is 2. The van der Waals surface area contributed by atoms with Gasteiger partial charge in [-0.1, -0.05) is 47.5 Å². The minimum Gasteiger partial charge on any atom is -0.301 e. The molecule has 0 aliphatic rings. The van der Waals surface area contributed by atoms with Gasteiger partial charge in [0.05, 0.1) is 26.3 Å². The number of thioether (sulfide) groups is 1. The molecule has 4 heteroatoms. The molecule has 1 nitrogen and oxygen atoms in total. The number of benzene rings is 2. The lowest BCUT2D eigenvalue weighted by atomic mass is 10.2. The molecule has 0 aliphatic carbocycles. The van der Waals surface area contributed by atoms with Crippen molar-refractivity contribution in [3.05, 3.63) is 58.6 Å². The van der Waals surface area contributed by atoms with E-state index in [-0.39, 0.29) is 0 Å². The van der Waals surface area contributed by atoms with Gasteiger partial charge in [0.1, 0.15) is 0 Å². The second kappa shape index (κ2) is 5.12. The lowest BCUT2D eigenvalue weighted by Gasteiger charge is -2.13. The van der Waals surface area contributed by atoms with E-state index in [0.29, 0.717) is 10.0 Å². The maximum Gasteiger partial charge on any atom is 0.0839 e. The number of hydrogen-bond acceptors (Lipinski definition) is 1. The molecule has 0 amide bonds. The predicted octanol–water partition coefficient (Wildman–Crippen LogP) is 5.66. The van der Waals surface area contributed by atoms with Gasteiger partial charge in [-0.05, 0) is 30.5 Å². The van der Waals surface area contributed by atoms with Gasteiger partial charge in [0.15, 0.2) is 0 Å². The van der Waals surface area contributed by atoms with Crippen LogP contribution in [0.15, 0.2) is 53.6 Å². The van der Waals surface area contributed by atoms with Crippen molar-refractivity contribution >= 4 is 45.9 Å². The van der Waals surface area contributed by atoms with Gasteiger partial charge < -0.3 is 4.57 Å². The van der Waals surface area contributed by atoms with E-state index < -0.39 is 0 Å². The average Bonchev–Trinajstić information content (AvgIpc) is 2.77. The molecule has 0 N–H and O–H groups in total.